The third-order valence-electron chi connectivity index (χ3n) is 6.21. The van der Waals surface area contributed by atoms with Crippen LogP contribution in [0.4, 0.5) is 11.4 Å². The summed E-state index contributed by atoms with van der Waals surface area (Å²) in [7, 11) is -1.77. The van der Waals surface area contributed by atoms with Gasteiger partial charge < -0.3 is 25.0 Å². The average Bonchev–Trinajstić information content (AvgIpc) is 3.31. The fourth-order valence-electron chi connectivity index (χ4n) is 4.42. The summed E-state index contributed by atoms with van der Waals surface area (Å²) in [5, 5.41) is 5.70. The minimum absolute atomic E-state index is 0.120. The molecule has 3 amide bonds. The number of nitrogens with zero attached hydrogens (tertiary/aromatic N) is 1. The Kier molecular flexibility index (Phi) is 8.58. The predicted molar refractivity (Wildman–Crippen MR) is 138 cm³/mol. The molecule has 2 aromatic carbocycles. The fraction of sp³-hybridized carbons (Fsp3) is 0.423. The Balaban J connectivity index is 1.36. The van der Waals surface area contributed by atoms with Crippen LogP contribution in [0.1, 0.15) is 37.7 Å². The molecule has 192 valence electrons. The van der Waals surface area contributed by atoms with Gasteiger partial charge in [-0.2, -0.15) is 0 Å². The van der Waals surface area contributed by atoms with Gasteiger partial charge >= 0.3 is 0 Å². The van der Waals surface area contributed by atoms with Gasteiger partial charge in [0.2, 0.25) is 24.5 Å². The minimum atomic E-state index is -1.77. The van der Waals surface area contributed by atoms with Crippen LogP contribution in [0.3, 0.4) is 0 Å². The van der Waals surface area contributed by atoms with Crippen LogP contribution in [-0.2, 0) is 25.2 Å². The highest BCUT2D eigenvalue weighted by atomic mass is 32.2. The van der Waals surface area contributed by atoms with Gasteiger partial charge in [-0.25, -0.2) is 0 Å². The molecule has 0 saturated heterocycles. The number of para-hydroxylation sites is 1. The number of aryl methyl sites for hydroxylation is 1. The molecule has 9 nitrogen and oxygen atoms in total. The van der Waals surface area contributed by atoms with Gasteiger partial charge in [0.25, 0.3) is 0 Å². The summed E-state index contributed by atoms with van der Waals surface area (Å²) >= 11 is 0. The van der Waals surface area contributed by atoms with Crippen LogP contribution in [-0.4, -0.2) is 52.8 Å². The van der Waals surface area contributed by atoms with Crippen LogP contribution in [0.15, 0.2) is 42.5 Å². The second kappa shape index (κ2) is 12.0. The van der Waals surface area contributed by atoms with Crippen molar-refractivity contribution in [3.05, 3.63) is 48.0 Å². The van der Waals surface area contributed by atoms with Gasteiger partial charge in [-0.1, -0.05) is 37.5 Å². The lowest BCUT2D eigenvalue weighted by Gasteiger charge is -2.27. The first-order valence-electron chi connectivity index (χ1n) is 12.1. The van der Waals surface area contributed by atoms with E-state index in [2.05, 4.69) is 10.6 Å². The number of ether oxygens (including phenoxy) is 2. The Hall–Kier alpha value is -3.40. The molecule has 2 aromatic rings. The van der Waals surface area contributed by atoms with Crippen molar-refractivity contribution in [2.75, 3.05) is 35.1 Å². The molecule has 2 N–H and O–H groups in total. The van der Waals surface area contributed by atoms with Crippen molar-refractivity contribution < 1.29 is 28.1 Å². The topological polar surface area (TPSA) is 114 Å². The quantitative estimate of drug-likeness (QED) is 0.533. The SMILES string of the molecule is Cc1ccccc1N(CC(=O)NC1CCCCC1)C(=O)C[S@@](=O)CC(=O)Nc1ccc2c(c1)OCO2. The van der Waals surface area contributed by atoms with Gasteiger partial charge in [-0.05, 0) is 43.5 Å². The molecule has 0 radical (unpaired) electrons. The molecule has 1 heterocycles. The van der Waals surface area contributed by atoms with Crippen molar-refractivity contribution in [1.82, 2.24) is 5.32 Å². The lowest BCUT2D eigenvalue weighted by molar-refractivity contribution is -0.123. The van der Waals surface area contributed by atoms with Gasteiger partial charge in [0.15, 0.2) is 11.5 Å². The molecule has 0 spiro atoms. The summed E-state index contributed by atoms with van der Waals surface area (Å²) in [6.45, 7) is 1.81. The van der Waals surface area contributed by atoms with E-state index in [1.165, 1.54) is 11.3 Å². The van der Waals surface area contributed by atoms with E-state index in [9.17, 15) is 18.6 Å². The van der Waals surface area contributed by atoms with Crippen molar-refractivity contribution in [2.45, 2.75) is 45.1 Å². The normalized spacial score (nSPS) is 15.7. The van der Waals surface area contributed by atoms with Gasteiger partial charge in [0.05, 0.1) is 0 Å². The summed E-state index contributed by atoms with van der Waals surface area (Å²) in [5.41, 5.74) is 1.89. The summed E-state index contributed by atoms with van der Waals surface area (Å²) in [6, 6.07) is 12.3. The zero-order valence-electron chi connectivity index (χ0n) is 20.3. The second-order valence-corrected chi connectivity index (χ2v) is 10.5. The highest BCUT2D eigenvalue weighted by molar-refractivity contribution is 7.86. The Morgan fingerprint density at radius 3 is 2.50 bits per heavy atom. The molecular weight excluding hydrogens is 482 g/mol. The van der Waals surface area contributed by atoms with E-state index in [0.717, 1.165) is 31.2 Å². The summed E-state index contributed by atoms with van der Waals surface area (Å²) < 4.78 is 23.3. The molecular formula is C26H31N3O6S. The number of benzene rings is 2. The van der Waals surface area contributed by atoms with E-state index in [1.54, 1.807) is 30.3 Å². The maximum Gasteiger partial charge on any atom is 0.240 e. The molecule has 1 fully saturated rings. The third kappa shape index (κ3) is 6.84. The smallest absolute Gasteiger partial charge is 0.240 e. The highest BCUT2D eigenvalue weighted by Gasteiger charge is 2.25. The number of rotatable bonds is 9. The number of carbonyl (C=O) groups is 3. The van der Waals surface area contributed by atoms with Crippen LogP contribution in [0.25, 0.3) is 0 Å². The number of nitrogens with one attached hydrogen (secondary N) is 2. The molecule has 0 bridgehead atoms. The van der Waals surface area contributed by atoms with E-state index in [1.807, 2.05) is 19.1 Å². The zero-order valence-corrected chi connectivity index (χ0v) is 21.1. The second-order valence-electron chi connectivity index (χ2n) is 9.01. The van der Waals surface area contributed by atoms with E-state index >= 15 is 0 Å². The lowest BCUT2D eigenvalue weighted by atomic mass is 9.95. The Labute approximate surface area is 213 Å². The number of anilines is 2. The number of carbonyl (C=O) groups excluding carboxylic acids is 3. The molecule has 1 saturated carbocycles. The van der Waals surface area contributed by atoms with Crippen molar-refractivity contribution in [3.63, 3.8) is 0 Å². The molecule has 0 aromatic heterocycles. The molecule has 36 heavy (non-hydrogen) atoms. The van der Waals surface area contributed by atoms with E-state index in [4.69, 9.17) is 9.47 Å². The first kappa shape index (κ1) is 25.7. The highest BCUT2D eigenvalue weighted by Crippen LogP contribution is 2.34. The maximum absolute atomic E-state index is 13.2. The number of hydrogen-bond acceptors (Lipinski definition) is 6. The van der Waals surface area contributed by atoms with Crippen LogP contribution >= 0.6 is 0 Å². The maximum atomic E-state index is 13.2. The monoisotopic (exact) mass is 513 g/mol. The number of hydrogen-bond donors (Lipinski definition) is 2. The predicted octanol–water partition coefficient (Wildman–Crippen LogP) is 2.89. The molecule has 0 unspecified atom stereocenters. The summed E-state index contributed by atoms with van der Waals surface area (Å²) in [5.74, 6) is -0.828. The Bertz CT molecular complexity index is 1150. The first-order chi connectivity index (χ1) is 17.4. The molecule has 2 aliphatic rings. The van der Waals surface area contributed by atoms with Gasteiger partial charge in [-0.15, -0.1) is 0 Å². The zero-order chi connectivity index (χ0) is 25.5. The molecule has 1 aliphatic carbocycles. The first-order valence-corrected chi connectivity index (χ1v) is 13.6. The summed E-state index contributed by atoms with van der Waals surface area (Å²) in [6.07, 6.45) is 5.21. The fourth-order valence-corrected chi connectivity index (χ4v) is 5.32. The molecule has 1 atom stereocenters. The number of fused-ring (bicyclic) bond motifs is 1. The Morgan fingerprint density at radius 2 is 1.72 bits per heavy atom. The number of amides is 3. The standard InChI is InChI=1S/C26H31N3O6S/c1-18-7-5-6-10-21(18)29(14-24(30)27-19-8-3-2-4-9-19)26(32)16-36(33)15-25(31)28-20-11-12-22-23(13-20)35-17-34-22/h5-7,10-13,19H,2-4,8-9,14-17H2,1H3,(H,27,30)(H,28,31)/t36-/m0/s1. The molecule has 4 rings (SSSR count). The Morgan fingerprint density at radius 1 is 0.972 bits per heavy atom. The minimum Gasteiger partial charge on any atom is -0.454 e. The van der Waals surface area contributed by atoms with Gasteiger partial charge in [-0.3, -0.25) is 18.6 Å². The van der Waals surface area contributed by atoms with Crippen molar-refractivity contribution in [1.29, 1.82) is 0 Å². The van der Waals surface area contributed by atoms with Crippen molar-refractivity contribution in [2.24, 2.45) is 0 Å². The molecule has 10 heteroatoms. The van der Waals surface area contributed by atoms with Crippen LogP contribution in [0.5, 0.6) is 11.5 Å². The van der Waals surface area contributed by atoms with Crippen LogP contribution in [0.2, 0.25) is 0 Å². The van der Waals surface area contributed by atoms with E-state index in [0.29, 0.717) is 22.9 Å². The third-order valence-corrected chi connectivity index (χ3v) is 7.37. The van der Waals surface area contributed by atoms with Gasteiger partial charge in [0.1, 0.15) is 18.1 Å². The van der Waals surface area contributed by atoms with E-state index < -0.39 is 22.6 Å². The van der Waals surface area contributed by atoms with E-state index in [-0.39, 0.29) is 36.8 Å². The molecule has 1 aliphatic heterocycles. The lowest BCUT2D eigenvalue weighted by Crippen LogP contribution is -2.46. The van der Waals surface area contributed by atoms with Crippen molar-refractivity contribution >= 4 is 39.9 Å². The van der Waals surface area contributed by atoms with Crippen molar-refractivity contribution in [3.8, 4) is 11.5 Å². The average molecular weight is 514 g/mol. The van der Waals surface area contributed by atoms with Crippen LogP contribution in [0, 0.1) is 6.92 Å². The van der Waals surface area contributed by atoms with Crippen LogP contribution < -0.4 is 25.0 Å². The largest absolute Gasteiger partial charge is 0.454 e. The van der Waals surface area contributed by atoms with Gasteiger partial charge in [0, 0.05) is 34.3 Å². The summed E-state index contributed by atoms with van der Waals surface area (Å²) in [4.78, 5) is 39.8.